The fourth-order valence-corrected chi connectivity index (χ4v) is 6.02. The van der Waals surface area contributed by atoms with Crippen LogP contribution in [0.4, 0.5) is 8.78 Å². The lowest BCUT2D eigenvalue weighted by atomic mass is 9.63. The van der Waals surface area contributed by atoms with E-state index in [1.165, 1.54) is 32.1 Å². The number of hydrogen-bond acceptors (Lipinski definition) is 1. The van der Waals surface area contributed by atoms with E-state index in [4.69, 9.17) is 4.74 Å². The zero-order chi connectivity index (χ0) is 25.3. The Labute approximate surface area is 215 Å². The van der Waals surface area contributed by atoms with Gasteiger partial charge in [0.2, 0.25) is 0 Å². The summed E-state index contributed by atoms with van der Waals surface area (Å²) in [6, 6.07) is 10.7. The van der Waals surface area contributed by atoms with Crippen LogP contribution in [0.1, 0.15) is 87.8 Å². The van der Waals surface area contributed by atoms with Crippen LogP contribution in [-0.2, 0) is 0 Å². The Morgan fingerprint density at radius 1 is 0.833 bits per heavy atom. The molecule has 2 aliphatic rings. The van der Waals surface area contributed by atoms with Crippen LogP contribution in [0.15, 0.2) is 60.7 Å². The van der Waals surface area contributed by atoms with Gasteiger partial charge >= 0.3 is 0 Å². The normalized spacial score (nSPS) is 23.9. The highest BCUT2D eigenvalue weighted by molar-refractivity contribution is 5.46. The van der Waals surface area contributed by atoms with E-state index in [9.17, 15) is 4.39 Å². The maximum absolute atomic E-state index is 15.2. The molecule has 2 aromatic rings. The first kappa shape index (κ1) is 26.2. The molecule has 0 bridgehead atoms. The molecule has 2 fully saturated rings. The molecule has 0 heterocycles. The van der Waals surface area contributed by atoms with E-state index in [-0.39, 0.29) is 11.5 Å². The Hall–Kier alpha value is -2.86. The predicted octanol–water partition coefficient (Wildman–Crippen LogP) is 8.98. The molecule has 4 atom stereocenters. The third kappa shape index (κ3) is 6.67. The van der Waals surface area contributed by atoms with Crippen molar-refractivity contribution in [3.8, 4) is 17.6 Å². The van der Waals surface area contributed by atoms with Gasteiger partial charge in [-0.15, -0.1) is 0 Å². The van der Waals surface area contributed by atoms with Crippen molar-refractivity contribution in [2.45, 2.75) is 71.1 Å². The standard InChI is InChI=1S/C33H38F2O/c1-3-5-7-8-25-10-14-28-23-29(16-15-27(28)22-25)31-20-17-26(32(34)33(31)35)13-9-24-11-18-30(19-12-24)36-21-6-4-2/h3-6,11-12,17-20,25,27-29H,7-8,10,14-16,21-23H2,1-2H3/b5-3+,6-4+. The molecule has 36 heavy (non-hydrogen) atoms. The van der Waals surface area contributed by atoms with Crippen LogP contribution in [0.25, 0.3) is 0 Å². The highest BCUT2D eigenvalue weighted by Gasteiger charge is 2.36. The van der Waals surface area contributed by atoms with Gasteiger partial charge in [0.1, 0.15) is 12.4 Å². The average molecular weight is 489 g/mol. The van der Waals surface area contributed by atoms with Crippen molar-refractivity contribution in [2.24, 2.45) is 17.8 Å². The quantitative estimate of drug-likeness (QED) is 0.279. The maximum atomic E-state index is 15.2. The third-order valence-electron chi connectivity index (χ3n) is 8.03. The van der Waals surface area contributed by atoms with Crippen LogP contribution in [0.5, 0.6) is 5.75 Å². The van der Waals surface area contributed by atoms with E-state index in [1.54, 1.807) is 12.1 Å². The fourth-order valence-electron chi connectivity index (χ4n) is 6.02. The van der Waals surface area contributed by atoms with Crippen LogP contribution < -0.4 is 4.74 Å². The molecule has 2 saturated carbocycles. The Kier molecular flexibility index (Phi) is 9.40. The van der Waals surface area contributed by atoms with Crippen molar-refractivity contribution < 1.29 is 13.5 Å². The third-order valence-corrected chi connectivity index (χ3v) is 8.03. The van der Waals surface area contributed by atoms with E-state index >= 15 is 4.39 Å². The molecule has 0 radical (unpaired) electrons. The number of benzene rings is 2. The lowest BCUT2D eigenvalue weighted by molar-refractivity contribution is 0.114. The predicted molar refractivity (Wildman–Crippen MR) is 144 cm³/mol. The van der Waals surface area contributed by atoms with Crippen molar-refractivity contribution in [1.82, 2.24) is 0 Å². The van der Waals surface area contributed by atoms with Crippen LogP contribution in [-0.4, -0.2) is 6.61 Å². The summed E-state index contributed by atoms with van der Waals surface area (Å²) in [6.45, 7) is 4.54. The zero-order valence-electron chi connectivity index (χ0n) is 21.6. The molecule has 190 valence electrons. The molecule has 0 aromatic heterocycles. The number of hydrogen-bond donors (Lipinski definition) is 0. The summed E-state index contributed by atoms with van der Waals surface area (Å²) in [4.78, 5) is 0. The average Bonchev–Trinajstić information content (AvgIpc) is 2.90. The first-order valence-electron chi connectivity index (χ1n) is 13.5. The van der Waals surface area contributed by atoms with E-state index in [0.717, 1.165) is 42.4 Å². The van der Waals surface area contributed by atoms with Gasteiger partial charge in [-0.3, -0.25) is 0 Å². The highest BCUT2D eigenvalue weighted by Crippen LogP contribution is 2.48. The molecule has 3 heteroatoms. The van der Waals surface area contributed by atoms with Gasteiger partial charge in [-0.1, -0.05) is 48.6 Å². The number of ether oxygens (including phenoxy) is 1. The molecule has 0 aliphatic heterocycles. The van der Waals surface area contributed by atoms with E-state index in [1.807, 2.05) is 43.3 Å². The maximum Gasteiger partial charge on any atom is 0.174 e. The fraction of sp³-hybridized carbons (Fsp3) is 0.455. The summed E-state index contributed by atoms with van der Waals surface area (Å²) in [5.74, 6) is 7.33. The molecule has 4 rings (SSSR count). The van der Waals surface area contributed by atoms with Gasteiger partial charge in [0.15, 0.2) is 11.6 Å². The minimum atomic E-state index is -0.818. The van der Waals surface area contributed by atoms with E-state index in [2.05, 4.69) is 30.9 Å². The Morgan fingerprint density at radius 3 is 2.36 bits per heavy atom. The summed E-state index contributed by atoms with van der Waals surface area (Å²) in [5, 5.41) is 0. The van der Waals surface area contributed by atoms with Gasteiger partial charge in [0.25, 0.3) is 0 Å². The minimum Gasteiger partial charge on any atom is -0.490 e. The number of allylic oxidation sites excluding steroid dienone is 3. The van der Waals surface area contributed by atoms with Gasteiger partial charge in [-0.2, -0.15) is 0 Å². The summed E-state index contributed by atoms with van der Waals surface area (Å²) >= 11 is 0. The molecule has 4 unspecified atom stereocenters. The zero-order valence-corrected chi connectivity index (χ0v) is 21.6. The molecule has 0 amide bonds. The van der Waals surface area contributed by atoms with Crippen LogP contribution in [0.2, 0.25) is 0 Å². The Morgan fingerprint density at radius 2 is 1.58 bits per heavy atom. The van der Waals surface area contributed by atoms with Gasteiger partial charge in [0, 0.05) is 5.56 Å². The Balaban J connectivity index is 1.38. The molecule has 0 saturated heterocycles. The Bertz CT molecular complexity index is 1120. The van der Waals surface area contributed by atoms with Crippen molar-refractivity contribution in [3.63, 3.8) is 0 Å². The van der Waals surface area contributed by atoms with Crippen LogP contribution >= 0.6 is 0 Å². The summed E-state index contributed by atoms with van der Waals surface area (Å²) in [6.07, 6.45) is 17.6. The smallest absolute Gasteiger partial charge is 0.174 e. The molecular formula is C33H38F2O. The second-order valence-electron chi connectivity index (χ2n) is 10.3. The molecule has 1 nitrogen and oxygen atoms in total. The largest absolute Gasteiger partial charge is 0.490 e. The molecular weight excluding hydrogens is 450 g/mol. The van der Waals surface area contributed by atoms with Gasteiger partial charge in [-0.25, -0.2) is 8.78 Å². The van der Waals surface area contributed by atoms with Crippen molar-refractivity contribution in [2.75, 3.05) is 6.61 Å². The number of rotatable bonds is 7. The van der Waals surface area contributed by atoms with E-state index < -0.39 is 11.6 Å². The highest BCUT2D eigenvalue weighted by atomic mass is 19.2. The van der Waals surface area contributed by atoms with Crippen molar-refractivity contribution in [1.29, 1.82) is 0 Å². The topological polar surface area (TPSA) is 9.23 Å². The van der Waals surface area contributed by atoms with Crippen LogP contribution in [0.3, 0.4) is 0 Å². The summed E-state index contributed by atoms with van der Waals surface area (Å²) in [7, 11) is 0. The van der Waals surface area contributed by atoms with Gasteiger partial charge in [0.05, 0.1) is 5.56 Å². The first-order valence-corrected chi connectivity index (χ1v) is 13.5. The summed E-state index contributed by atoms with van der Waals surface area (Å²) in [5.41, 5.74) is 1.38. The van der Waals surface area contributed by atoms with E-state index in [0.29, 0.717) is 18.1 Å². The SMILES string of the molecule is C/C=C/CCC1CCC2CC(c3ccc(C#Cc4ccc(OC/C=C/C)cc4)c(F)c3F)CCC2C1. The lowest BCUT2D eigenvalue weighted by Gasteiger charge is -2.42. The van der Waals surface area contributed by atoms with Crippen molar-refractivity contribution in [3.05, 3.63) is 89.0 Å². The van der Waals surface area contributed by atoms with Crippen LogP contribution in [0, 0.1) is 41.2 Å². The van der Waals surface area contributed by atoms with Crippen molar-refractivity contribution >= 4 is 0 Å². The second-order valence-corrected chi connectivity index (χ2v) is 10.3. The first-order chi connectivity index (χ1) is 17.6. The number of halogens is 2. The molecule has 2 aromatic carbocycles. The monoisotopic (exact) mass is 488 g/mol. The summed E-state index contributed by atoms with van der Waals surface area (Å²) < 4.78 is 35.7. The van der Waals surface area contributed by atoms with Gasteiger partial charge in [-0.05, 0) is 118 Å². The second kappa shape index (κ2) is 12.9. The molecule has 0 spiro atoms. The lowest BCUT2D eigenvalue weighted by Crippen LogP contribution is -2.30. The van der Waals surface area contributed by atoms with Gasteiger partial charge < -0.3 is 4.74 Å². The minimum absolute atomic E-state index is 0.109. The number of fused-ring (bicyclic) bond motifs is 1. The molecule has 2 aliphatic carbocycles. The molecule has 0 N–H and O–H groups in total.